The fraction of sp³-hybridized carbons (Fsp3) is 0.154. The molecule has 0 radical (unpaired) electrons. The lowest BCUT2D eigenvalue weighted by Gasteiger charge is -2.19. The molecule has 2 aromatic rings. The van der Waals surface area contributed by atoms with Gasteiger partial charge in [-0.2, -0.15) is 0 Å². The Morgan fingerprint density at radius 1 is 1.32 bits per heavy atom. The van der Waals surface area contributed by atoms with E-state index in [1.54, 1.807) is 35.8 Å². The number of hydrogen-bond donors (Lipinski definition) is 0. The molecule has 0 aliphatic carbocycles. The van der Waals surface area contributed by atoms with Gasteiger partial charge < -0.3 is 0 Å². The average Bonchev–Trinajstić information content (AvgIpc) is 2.90. The number of nitrogens with zero attached hydrogens (tertiary/aromatic N) is 2. The van der Waals surface area contributed by atoms with Crippen LogP contribution in [0.25, 0.3) is 0 Å². The Morgan fingerprint density at radius 3 is 2.63 bits per heavy atom. The summed E-state index contributed by atoms with van der Waals surface area (Å²) in [5, 5.41) is 2.12. The summed E-state index contributed by atoms with van der Waals surface area (Å²) in [6, 6.07) is 9.00. The summed E-state index contributed by atoms with van der Waals surface area (Å²) in [6.45, 7) is -0.0112. The predicted molar refractivity (Wildman–Crippen MR) is 77.4 cm³/mol. The third-order valence-electron chi connectivity index (χ3n) is 2.40. The van der Waals surface area contributed by atoms with Crippen molar-refractivity contribution in [3.63, 3.8) is 0 Å². The number of sulfonamides is 1. The van der Waals surface area contributed by atoms with E-state index in [1.165, 1.54) is 15.6 Å². The topological polar surface area (TPSA) is 50.3 Å². The number of benzene rings is 1. The molecule has 0 unspecified atom stereocenters. The molecule has 0 fully saturated rings. The second-order valence-electron chi connectivity index (χ2n) is 3.77. The van der Waals surface area contributed by atoms with E-state index in [0.29, 0.717) is 5.13 Å². The van der Waals surface area contributed by atoms with E-state index in [9.17, 15) is 8.42 Å². The van der Waals surface area contributed by atoms with Crippen LogP contribution in [0.4, 0.5) is 5.13 Å². The number of rotatable bonds is 5. The van der Waals surface area contributed by atoms with E-state index in [2.05, 4.69) is 10.9 Å². The summed E-state index contributed by atoms with van der Waals surface area (Å²) in [5.41, 5.74) is 0.723. The average molecular weight is 292 g/mol. The number of hydrogen-bond acceptors (Lipinski definition) is 4. The normalized spacial score (nSPS) is 10.9. The van der Waals surface area contributed by atoms with Gasteiger partial charge in [0, 0.05) is 11.6 Å². The van der Waals surface area contributed by atoms with Gasteiger partial charge in [-0.3, -0.25) is 0 Å². The molecule has 19 heavy (non-hydrogen) atoms. The Kier molecular flexibility index (Phi) is 4.20. The zero-order valence-corrected chi connectivity index (χ0v) is 11.7. The first kappa shape index (κ1) is 13.6. The molecule has 0 atom stereocenters. The molecule has 0 spiro atoms. The maximum atomic E-state index is 12.4. The summed E-state index contributed by atoms with van der Waals surface area (Å²) in [5.74, 6) is 2.27. The van der Waals surface area contributed by atoms with Crippen LogP contribution in [-0.2, 0) is 15.8 Å². The summed E-state index contributed by atoms with van der Waals surface area (Å²) < 4.78 is 25.9. The van der Waals surface area contributed by atoms with Crippen molar-refractivity contribution in [3.05, 3.63) is 47.5 Å². The van der Waals surface area contributed by atoms with E-state index in [0.717, 1.165) is 5.56 Å². The molecule has 1 aromatic carbocycles. The highest BCUT2D eigenvalue weighted by Gasteiger charge is 2.24. The van der Waals surface area contributed by atoms with Crippen LogP contribution in [0.15, 0.2) is 41.9 Å². The third kappa shape index (κ3) is 3.34. The Balaban J connectivity index is 2.28. The summed E-state index contributed by atoms with van der Waals surface area (Å²) in [4.78, 5) is 4.01. The first-order chi connectivity index (χ1) is 9.13. The lowest BCUT2D eigenvalue weighted by atomic mass is 10.2. The van der Waals surface area contributed by atoms with Crippen LogP contribution in [0.1, 0.15) is 5.56 Å². The van der Waals surface area contributed by atoms with E-state index in [-0.39, 0.29) is 12.3 Å². The molecule has 0 N–H and O–H groups in total. The van der Waals surface area contributed by atoms with Gasteiger partial charge in [-0.15, -0.1) is 17.8 Å². The Bertz CT molecular complexity index is 658. The van der Waals surface area contributed by atoms with Gasteiger partial charge in [-0.1, -0.05) is 36.3 Å². The van der Waals surface area contributed by atoms with E-state index in [1.807, 2.05) is 6.07 Å². The van der Waals surface area contributed by atoms with E-state index in [4.69, 9.17) is 6.42 Å². The van der Waals surface area contributed by atoms with Crippen molar-refractivity contribution in [2.45, 2.75) is 5.75 Å². The van der Waals surface area contributed by atoms with Gasteiger partial charge in [0.15, 0.2) is 5.13 Å². The Hall–Kier alpha value is -1.84. The molecule has 2 rings (SSSR count). The first-order valence-electron chi connectivity index (χ1n) is 5.51. The Labute approximate surface area is 116 Å². The van der Waals surface area contributed by atoms with Gasteiger partial charge in [0.1, 0.15) is 0 Å². The monoisotopic (exact) mass is 292 g/mol. The number of aromatic nitrogens is 1. The zero-order valence-electron chi connectivity index (χ0n) is 10.1. The molecule has 0 bridgehead atoms. The maximum Gasteiger partial charge on any atom is 0.242 e. The molecular formula is C13H12N2O2S2. The van der Waals surface area contributed by atoms with Crippen LogP contribution in [0.5, 0.6) is 0 Å². The molecule has 1 aromatic heterocycles. The van der Waals surface area contributed by atoms with Crippen LogP contribution in [0.2, 0.25) is 0 Å². The van der Waals surface area contributed by atoms with Crippen molar-refractivity contribution < 1.29 is 8.42 Å². The molecule has 0 saturated carbocycles. The smallest absolute Gasteiger partial charge is 0.233 e. The van der Waals surface area contributed by atoms with Crippen molar-refractivity contribution in [1.82, 2.24) is 4.98 Å². The predicted octanol–water partition coefficient (Wildman–Crippen LogP) is 2.11. The number of thiazole rings is 1. The third-order valence-corrected chi connectivity index (χ3v) is 4.98. The highest BCUT2D eigenvalue weighted by molar-refractivity contribution is 7.92. The minimum absolute atomic E-state index is 0.0112. The van der Waals surface area contributed by atoms with Gasteiger partial charge in [-0.25, -0.2) is 17.7 Å². The van der Waals surface area contributed by atoms with Gasteiger partial charge in [-0.05, 0) is 5.56 Å². The molecule has 4 nitrogen and oxygen atoms in total. The van der Waals surface area contributed by atoms with Gasteiger partial charge in [0.05, 0.1) is 12.3 Å². The van der Waals surface area contributed by atoms with Crippen molar-refractivity contribution in [1.29, 1.82) is 0 Å². The minimum Gasteiger partial charge on any atom is -0.233 e. The second-order valence-corrected chi connectivity index (χ2v) is 6.53. The van der Waals surface area contributed by atoms with Crippen molar-refractivity contribution in [2.24, 2.45) is 0 Å². The fourth-order valence-electron chi connectivity index (χ4n) is 1.57. The van der Waals surface area contributed by atoms with Crippen LogP contribution in [-0.4, -0.2) is 19.9 Å². The van der Waals surface area contributed by atoms with Crippen LogP contribution in [0.3, 0.4) is 0 Å². The molecule has 6 heteroatoms. The van der Waals surface area contributed by atoms with Crippen molar-refractivity contribution in [2.75, 3.05) is 10.8 Å². The minimum atomic E-state index is -3.52. The molecule has 0 saturated heterocycles. The van der Waals surface area contributed by atoms with Gasteiger partial charge in [0.25, 0.3) is 0 Å². The van der Waals surface area contributed by atoms with Crippen LogP contribution >= 0.6 is 11.3 Å². The molecule has 0 aliphatic heterocycles. The maximum absolute atomic E-state index is 12.4. The van der Waals surface area contributed by atoms with Crippen LogP contribution < -0.4 is 4.31 Å². The van der Waals surface area contributed by atoms with Crippen molar-refractivity contribution in [3.8, 4) is 12.3 Å². The standard InChI is InChI=1S/C13H12N2O2S2/c1-2-9-15(13-14-8-10-18-13)19(16,17)11-12-6-4-3-5-7-12/h1,3-8,10H,9,11H2. The second kappa shape index (κ2) is 5.87. The molecule has 0 amide bonds. The van der Waals surface area contributed by atoms with E-state index >= 15 is 0 Å². The first-order valence-corrected chi connectivity index (χ1v) is 7.99. The molecular weight excluding hydrogens is 280 g/mol. The lowest BCUT2D eigenvalue weighted by Crippen LogP contribution is -2.32. The molecule has 1 heterocycles. The molecule has 0 aliphatic rings. The summed E-state index contributed by atoms with van der Waals surface area (Å²) >= 11 is 1.25. The fourth-order valence-corrected chi connectivity index (χ4v) is 3.91. The highest BCUT2D eigenvalue weighted by Crippen LogP contribution is 2.22. The molecule has 98 valence electrons. The number of terminal acetylenes is 1. The zero-order chi connectivity index (χ0) is 13.7. The highest BCUT2D eigenvalue weighted by atomic mass is 32.2. The number of anilines is 1. The lowest BCUT2D eigenvalue weighted by molar-refractivity contribution is 0.592. The quantitative estimate of drug-likeness (QED) is 0.793. The van der Waals surface area contributed by atoms with Crippen LogP contribution in [0, 0.1) is 12.3 Å². The SMILES string of the molecule is C#CCN(c1nccs1)S(=O)(=O)Cc1ccccc1. The van der Waals surface area contributed by atoms with Gasteiger partial charge in [0.2, 0.25) is 10.0 Å². The van der Waals surface area contributed by atoms with Crippen molar-refractivity contribution >= 4 is 26.5 Å². The van der Waals surface area contributed by atoms with Gasteiger partial charge >= 0.3 is 0 Å². The summed E-state index contributed by atoms with van der Waals surface area (Å²) in [7, 11) is -3.52. The van der Waals surface area contributed by atoms with E-state index < -0.39 is 10.0 Å². The largest absolute Gasteiger partial charge is 0.242 e. The summed E-state index contributed by atoms with van der Waals surface area (Å²) in [6.07, 6.45) is 6.80. The Morgan fingerprint density at radius 2 is 2.05 bits per heavy atom.